The van der Waals surface area contributed by atoms with Crippen molar-refractivity contribution in [2.75, 3.05) is 6.26 Å². The van der Waals surface area contributed by atoms with E-state index in [1.165, 1.54) is 16.5 Å². The van der Waals surface area contributed by atoms with Crippen LogP contribution >= 0.6 is 11.8 Å². The van der Waals surface area contributed by atoms with Gasteiger partial charge in [0.2, 0.25) is 0 Å². The summed E-state index contributed by atoms with van der Waals surface area (Å²) in [4.78, 5) is 0. The largest absolute Gasteiger partial charge is 0.449 e. The van der Waals surface area contributed by atoms with Gasteiger partial charge in [0.25, 0.3) is 0 Å². The summed E-state index contributed by atoms with van der Waals surface area (Å²) in [6, 6.07) is 18.6. The quantitative estimate of drug-likeness (QED) is 0.596. The Morgan fingerprint density at radius 3 is 2.35 bits per heavy atom. The van der Waals surface area contributed by atoms with Gasteiger partial charge in [-0.1, -0.05) is 60.3 Å². The molecule has 0 spiro atoms. The van der Waals surface area contributed by atoms with Crippen LogP contribution in [0.4, 0.5) is 0 Å². The molecule has 2 aromatic carbocycles. The Morgan fingerprint density at radius 1 is 0.882 bits per heavy atom. The number of furan rings is 1. The van der Waals surface area contributed by atoms with Crippen molar-refractivity contribution in [3.05, 3.63) is 54.6 Å². The van der Waals surface area contributed by atoms with E-state index < -0.39 is 0 Å². The van der Waals surface area contributed by atoms with Crippen molar-refractivity contribution < 1.29 is 4.42 Å². The van der Waals surface area contributed by atoms with Gasteiger partial charge in [0.15, 0.2) is 5.09 Å². The summed E-state index contributed by atoms with van der Waals surface area (Å²) in [5.41, 5.74) is 3.37. The Morgan fingerprint density at radius 2 is 1.59 bits per heavy atom. The lowest BCUT2D eigenvalue weighted by Gasteiger charge is -2.00. The zero-order valence-corrected chi connectivity index (χ0v) is 10.3. The summed E-state index contributed by atoms with van der Waals surface area (Å²) >= 11 is 1.65. The topological polar surface area (TPSA) is 13.1 Å². The molecule has 3 rings (SSSR count). The van der Waals surface area contributed by atoms with Crippen molar-refractivity contribution in [1.29, 1.82) is 0 Å². The van der Waals surface area contributed by atoms with E-state index >= 15 is 0 Å². The molecule has 0 aliphatic carbocycles. The van der Waals surface area contributed by atoms with E-state index in [0.717, 1.165) is 10.7 Å². The number of hydrogen-bond acceptors (Lipinski definition) is 2. The SMILES string of the molecule is CSc1oc2ccccc2c1-c1ccccc1. The maximum absolute atomic E-state index is 5.87. The van der Waals surface area contributed by atoms with E-state index in [-0.39, 0.29) is 0 Å². The van der Waals surface area contributed by atoms with E-state index in [1.807, 2.05) is 24.5 Å². The number of rotatable bonds is 2. The van der Waals surface area contributed by atoms with Crippen LogP contribution in [-0.4, -0.2) is 6.26 Å². The number of benzene rings is 2. The molecule has 0 aliphatic rings. The molecule has 0 amide bonds. The second kappa shape index (κ2) is 4.30. The van der Waals surface area contributed by atoms with Crippen LogP contribution in [0.5, 0.6) is 0 Å². The van der Waals surface area contributed by atoms with Gasteiger partial charge in [-0.2, -0.15) is 0 Å². The lowest BCUT2D eigenvalue weighted by molar-refractivity contribution is 0.518. The van der Waals surface area contributed by atoms with E-state index in [9.17, 15) is 0 Å². The third kappa shape index (κ3) is 1.75. The predicted octanol–water partition coefficient (Wildman–Crippen LogP) is 4.82. The van der Waals surface area contributed by atoms with Crippen molar-refractivity contribution >= 4 is 22.7 Å². The highest BCUT2D eigenvalue weighted by Crippen LogP contribution is 2.39. The van der Waals surface area contributed by atoms with E-state index in [4.69, 9.17) is 4.42 Å². The Labute approximate surface area is 104 Å². The van der Waals surface area contributed by atoms with E-state index in [0.29, 0.717) is 0 Å². The molecule has 1 aromatic heterocycles. The molecular formula is C15H12OS. The molecule has 0 aliphatic heterocycles. The first-order valence-corrected chi connectivity index (χ1v) is 6.73. The molecule has 0 saturated heterocycles. The predicted molar refractivity (Wildman–Crippen MR) is 73.4 cm³/mol. The molecular weight excluding hydrogens is 228 g/mol. The molecule has 1 heterocycles. The molecule has 0 saturated carbocycles. The molecule has 2 heteroatoms. The molecule has 1 nitrogen and oxygen atoms in total. The van der Waals surface area contributed by atoms with Crippen molar-refractivity contribution in [1.82, 2.24) is 0 Å². The summed E-state index contributed by atoms with van der Waals surface area (Å²) in [5.74, 6) is 0. The number of fused-ring (bicyclic) bond motifs is 1. The van der Waals surface area contributed by atoms with Crippen LogP contribution < -0.4 is 0 Å². The zero-order valence-electron chi connectivity index (χ0n) is 9.51. The van der Waals surface area contributed by atoms with Crippen molar-refractivity contribution in [3.63, 3.8) is 0 Å². The summed E-state index contributed by atoms with van der Waals surface area (Å²) in [6.07, 6.45) is 2.05. The van der Waals surface area contributed by atoms with Gasteiger partial charge in [-0.05, 0) is 17.9 Å². The molecule has 17 heavy (non-hydrogen) atoms. The Hall–Kier alpha value is -1.67. The molecule has 3 aromatic rings. The first-order chi connectivity index (χ1) is 8.40. The third-order valence-corrected chi connectivity index (χ3v) is 3.47. The van der Waals surface area contributed by atoms with Crippen LogP contribution in [0, 0.1) is 0 Å². The van der Waals surface area contributed by atoms with Crippen LogP contribution in [0.2, 0.25) is 0 Å². The van der Waals surface area contributed by atoms with Crippen molar-refractivity contribution in [3.8, 4) is 11.1 Å². The van der Waals surface area contributed by atoms with Gasteiger partial charge in [0.1, 0.15) is 5.58 Å². The Bertz CT molecular complexity index is 640. The van der Waals surface area contributed by atoms with Crippen LogP contribution in [0.25, 0.3) is 22.1 Å². The average molecular weight is 240 g/mol. The number of hydrogen-bond donors (Lipinski definition) is 0. The molecule has 0 unspecified atom stereocenters. The summed E-state index contributed by atoms with van der Waals surface area (Å²) in [6.45, 7) is 0. The second-order valence-electron chi connectivity index (χ2n) is 3.83. The minimum atomic E-state index is 0.954. The van der Waals surface area contributed by atoms with Crippen LogP contribution in [-0.2, 0) is 0 Å². The Kier molecular flexibility index (Phi) is 2.65. The van der Waals surface area contributed by atoms with Gasteiger partial charge in [0, 0.05) is 10.9 Å². The first-order valence-electron chi connectivity index (χ1n) is 5.51. The van der Waals surface area contributed by atoms with Gasteiger partial charge >= 0.3 is 0 Å². The molecule has 0 atom stereocenters. The normalized spacial score (nSPS) is 10.9. The molecule has 0 fully saturated rings. The van der Waals surface area contributed by atoms with Crippen molar-refractivity contribution in [2.24, 2.45) is 0 Å². The zero-order chi connectivity index (χ0) is 11.7. The van der Waals surface area contributed by atoms with Crippen LogP contribution in [0.3, 0.4) is 0 Å². The van der Waals surface area contributed by atoms with Crippen molar-refractivity contribution in [2.45, 2.75) is 5.09 Å². The fourth-order valence-corrected chi connectivity index (χ4v) is 2.65. The van der Waals surface area contributed by atoms with Gasteiger partial charge in [-0.3, -0.25) is 0 Å². The van der Waals surface area contributed by atoms with Gasteiger partial charge < -0.3 is 4.42 Å². The smallest absolute Gasteiger partial charge is 0.169 e. The van der Waals surface area contributed by atoms with Gasteiger partial charge in [0.05, 0.1) is 0 Å². The monoisotopic (exact) mass is 240 g/mol. The van der Waals surface area contributed by atoms with Gasteiger partial charge in [-0.15, -0.1) is 0 Å². The van der Waals surface area contributed by atoms with E-state index in [2.05, 4.69) is 36.4 Å². The highest BCUT2D eigenvalue weighted by atomic mass is 32.2. The summed E-state index contributed by atoms with van der Waals surface area (Å²) < 4.78 is 5.87. The number of para-hydroxylation sites is 1. The first kappa shape index (κ1) is 10.5. The average Bonchev–Trinajstić information content (AvgIpc) is 2.78. The molecule has 84 valence electrons. The maximum atomic E-state index is 5.87. The standard InChI is InChI=1S/C15H12OS/c1-17-15-14(11-7-3-2-4-8-11)12-9-5-6-10-13(12)16-15/h2-10H,1H3. The lowest BCUT2D eigenvalue weighted by Crippen LogP contribution is -1.76. The Balaban J connectivity index is 2.34. The van der Waals surface area contributed by atoms with Crippen LogP contribution in [0.15, 0.2) is 64.1 Å². The highest BCUT2D eigenvalue weighted by Gasteiger charge is 2.14. The third-order valence-electron chi connectivity index (χ3n) is 2.81. The lowest BCUT2D eigenvalue weighted by atomic mass is 10.1. The van der Waals surface area contributed by atoms with Crippen LogP contribution in [0.1, 0.15) is 0 Å². The highest BCUT2D eigenvalue weighted by molar-refractivity contribution is 7.98. The fourth-order valence-electron chi connectivity index (χ4n) is 2.04. The maximum Gasteiger partial charge on any atom is 0.169 e. The minimum Gasteiger partial charge on any atom is -0.449 e. The fraction of sp³-hybridized carbons (Fsp3) is 0.0667. The molecule has 0 radical (unpaired) electrons. The minimum absolute atomic E-state index is 0.954. The summed E-state index contributed by atoms with van der Waals surface area (Å²) in [5, 5.41) is 2.17. The molecule has 0 bridgehead atoms. The second-order valence-corrected chi connectivity index (χ2v) is 4.61. The summed E-state index contributed by atoms with van der Waals surface area (Å²) in [7, 11) is 0. The number of thioether (sulfide) groups is 1. The molecule has 0 N–H and O–H groups in total. The van der Waals surface area contributed by atoms with Gasteiger partial charge in [-0.25, -0.2) is 0 Å². The van der Waals surface area contributed by atoms with E-state index in [1.54, 1.807) is 11.8 Å².